The minimum Gasteiger partial charge on any atom is -0.305 e. The van der Waals surface area contributed by atoms with Crippen LogP contribution < -0.4 is 5.69 Å². The lowest BCUT2D eigenvalue weighted by molar-refractivity contribution is 0.505. The third kappa shape index (κ3) is 1.95. The fourth-order valence-corrected chi connectivity index (χ4v) is 1.58. The summed E-state index contributed by atoms with van der Waals surface area (Å²) in [4.78, 5) is 17.0. The molecule has 2 rings (SSSR count). The van der Waals surface area contributed by atoms with Crippen molar-refractivity contribution < 1.29 is 8.78 Å². The summed E-state index contributed by atoms with van der Waals surface area (Å²) in [6.45, 7) is 3.14. The maximum Gasteiger partial charge on any atom is 0.345 e. The minimum atomic E-state index is -0.963. The van der Waals surface area contributed by atoms with Crippen LogP contribution in [0.15, 0.2) is 23.1 Å². The topological polar surface area (TPSA) is 45.8 Å². The maximum absolute atomic E-state index is 13.7. The second-order valence-corrected chi connectivity index (χ2v) is 3.80. The van der Waals surface area contributed by atoms with Crippen molar-refractivity contribution >= 4 is 0 Å². The molecule has 0 amide bonds. The molecule has 0 aliphatic rings. The second kappa shape index (κ2) is 4.08. The zero-order chi connectivity index (χ0) is 12.6. The van der Waals surface area contributed by atoms with E-state index in [9.17, 15) is 13.6 Å². The lowest BCUT2D eigenvalue weighted by Gasteiger charge is -2.08. The number of hydrogen-bond donors (Lipinski definition) is 1. The molecule has 0 atom stereocenters. The molecule has 0 saturated heterocycles. The van der Waals surface area contributed by atoms with Gasteiger partial charge in [-0.3, -0.25) is 0 Å². The van der Waals surface area contributed by atoms with Gasteiger partial charge in [-0.05, 0) is 31.0 Å². The lowest BCUT2D eigenvalue weighted by Crippen LogP contribution is -2.12. The van der Waals surface area contributed by atoms with E-state index in [-0.39, 0.29) is 16.8 Å². The van der Waals surface area contributed by atoms with Crippen molar-refractivity contribution in [1.82, 2.24) is 9.97 Å². The Labute approximate surface area is 96.2 Å². The Morgan fingerprint density at radius 2 is 1.82 bits per heavy atom. The first-order valence-corrected chi connectivity index (χ1v) is 5.01. The summed E-state index contributed by atoms with van der Waals surface area (Å²) in [7, 11) is 0. The number of benzene rings is 1. The van der Waals surface area contributed by atoms with E-state index in [2.05, 4.69) is 9.97 Å². The number of hydrogen-bond acceptors (Lipinski definition) is 2. The van der Waals surface area contributed by atoms with Crippen LogP contribution in [0, 0.1) is 25.5 Å². The summed E-state index contributed by atoms with van der Waals surface area (Å²) in [5, 5.41) is 0. The molecule has 0 saturated carbocycles. The summed E-state index contributed by atoms with van der Waals surface area (Å²) >= 11 is 0. The molecule has 88 valence electrons. The molecule has 0 fully saturated rings. The van der Waals surface area contributed by atoms with Gasteiger partial charge in [0.25, 0.3) is 0 Å². The number of aromatic amines is 1. The van der Waals surface area contributed by atoms with E-state index in [0.29, 0.717) is 5.56 Å². The summed E-state index contributed by atoms with van der Waals surface area (Å²) in [5.41, 5.74) is 0.490. The number of rotatable bonds is 1. The molecule has 17 heavy (non-hydrogen) atoms. The van der Waals surface area contributed by atoms with Crippen LogP contribution in [0.1, 0.15) is 11.1 Å². The van der Waals surface area contributed by atoms with Crippen molar-refractivity contribution in [2.75, 3.05) is 0 Å². The monoisotopic (exact) mass is 236 g/mol. The van der Waals surface area contributed by atoms with E-state index < -0.39 is 17.3 Å². The van der Waals surface area contributed by atoms with Crippen LogP contribution in [0.4, 0.5) is 8.78 Å². The van der Waals surface area contributed by atoms with Crippen LogP contribution in [-0.2, 0) is 0 Å². The van der Waals surface area contributed by atoms with Gasteiger partial charge < -0.3 is 4.98 Å². The number of aromatic nitrogens is 2. The molecule has 1 aromatic heterocycles. The molecule has 5 heteroatoms. The number of nitrogens with zero attached hydrogens (tertiary/aromatic N) is 1. The van der Waals surface area contributed by atoms with Gasteiger partial charge in [-0.1, -0.05) is 6.07 Å². The molecule has 1 heterocycles. The predicted octanol–water partition coefficient (Wildman–Crippen LogP) is 2.33. The van der Waals surface area contributed by atoms with Gasteiger partial charge in [0, 0.05) is 11.8 Å². The standard InChI is InChI=1S/C12H10F2N2O/c1-6-3-4-8(10(14)9(6)13)11-7(2)5-15-12(17)16-11/h3-5H,1-2H3,(H,15,16,17). The van der Waals surface area contributed by atoms with Crippen molar-refractivity contribution in [2.24, 2.45) is 0 Å². The van der Waals surface area contributed by atoms with Gasteiger partial charge in [0.2, 0.25) is 0 Å². The Kier molecular flexibility index (Phi) is 2.75. The largest absolute Gasteiger partial charge is 0.345 e. The van der Waals surface area contributed by atoms with Crippen LogP contribution in [0.3, 0.4) is 0 Å². The zero-order valence-corrected chi connectivity index (χ0v) is 9.34. The van der Waals surface area contributed by atoms with E-state index in [1.54, 1.807) is 6.92 Å². The summed E-state index contributed by atoms with van der Waals surface area (Å²) in [5.74, 6) is -1.87. The molecule has 0 aliphatic carbocycles. The number of halogens is 2. The Morgan fingerprint density at radius 3 is 2.53 bits per heavy atom. The summed E-state index contributed by atoms with van der Waals surface area (Å²) < 4.78 is 27.2. The van der Waals surface area contributed by atoms with E-state index in [0.717, 1.165) is 0 Å². The van der Waals surface area contributed by atoms with Crippen molar-refractivity contribution in [1.29, 1.82) is 0 Å². The van der Waals surface area contributed by atoms with Gasteiger partial charge in [0.1, 0.15) is 0 Å². The number of nitrogens with one attached hydrogen (secondary N) is 1. The molecule has 0 spiro atoms. The fraction of sp³-hybridized carbons (Fsp3) is 0.167. The first kappa shape index (κ1) is 11.4. The van der Waals surface area contributed by atoms with E-state index in [1.165, 1.54) is 25.3 Å². The highest BCUT2D eigenvalue weighted by molar-refractivity contribution is 5.63. The van der Waals surface area contributed by atoms with Crippen LogP contribution in [0.5, 0.6) is 0 Å². The van der Waals surface area contributed by atoms with Gasteiger partial charge in [-0.15, -0.1) is 0 Å². The molecule has 1 aromatic carbocycles. The van der Waals surface area contributed by atoms with E-state index >= 15 is 0 Å². The molecule has 0 aliphatic heterocycles. The SMILES string of the molecule is Cc1cnc(=O)[nH]c1-c1ccc(C)c(F)c1F. The second-order valence-electron chi connectivity index (χ2n) is 3.80. The molecule has 0 unspecified atom stereocenters. The number of H-pyrrole nitrogens is 1. The fourth-order valence-electron chi connectivity index (χ4n) is 1.58. The summed E-state index contributed by atoms with van der Waals surface area (Å²) in [6, 6.07) is 2.90. The van der Waals surface area contributed by atoms with Crippen molar-refractivity contribution in [3.63, 3.8) is 0 Å². The molecular formula is C12H10F2N2O. The highest BCUT2D eigenvalue weighted by Gasteiger charge is 2.14. The quantitative estimate of drug-likeness (QED) is 0.826. The average Bonchev–Trinajstić information content (AvgIpc) is 2.30. The average molecular weight is 236 g/mol. The maximum atomic E-state index is 13.7. The molecule has 0 radical (unpaired) electrons. The van der Waals surface area contributed by atoms with Gasteiger partial charge in [-0.2, -0.15) is 0 Å². The smallest absolute Gasteiger partial charge is 0.305 e. The molecule has 0 bridgehead atoms. The number of aryl methyl sites for hydroxylation is 2. The third-order valence-electron chi connectivity index (χ3n) is 2.55. The highest BCUT2D eigenvalue weighted by atomic mass is 19.2. The molecular weight excluding hydrogens is 226 g/mol. The Hall–Kier alpha value is -2.04. The molecule has 1 N–H and O–H groups in total. The van der Waals surface area contributed by atoms with Crippen LogP contribution in [-0.4, -0.2) is 9.97 Å². The Balaban J connectivity index is 2.73. The van der Waals surface area contributed by atoms with Crippen LogP contribution >= 0.6 is 0 Å². The summed E-state index contributed by atoms with van der Waals surface area (Å²) in [6.07, 6.45) is 1.32. The van der Waals surface area contributed by atoms with E-state index in [4.69, 9.17) is 0 Å². The zero-order valence-electron chi connectivity index (χ0n) is 9.34. The van der Waals surface area contributed by atoms with Gasteiger partial charge >= 0.3 is 5.69 Å². The van der Waals surface area contributed by atoms with Crippen molar-refractivity contribution in [2.45, 2.75) is 13.8 Å². The van der Waals surface area contributed by atoms with Crippen LogP contribution in [0.25, 0.3) is 11.3 Å². The first-order valence-electron chi connectivity index (χ1n) is 5.01. The minimum absolute atomic E-state index is 0.0325. The first-order chi connectivity index (χ1) is 8.00. The highest BCUT2D eigenvalue weighted by Crippen LogP contribution is 2.25. The van der Waals surface area contributed by atoms with Crippen LogP contribution in [0.2, 0.25) is 0 Å². The van der Waals surface area contributed by atoms with Gasteiger partial charge in [-0.25, -0.2) is 18.6 Å². The van der Waals surface area contributed by atoms with Crippen molar-refractivity contribution in [3.8, 4) is 11.3 Å². The Bertz CT molecular complexity index is 635. The predicted molar refractivity (Wildman–Crippen MR) is 59.7 cm³/mol. The van der Waals surface area contributed by atoms with Crippen molar-refractivity contribution in [3.05, 3.63) is 51.6 Å². The van der Waals surface area contributed by atoms with E-state index in [1.807, 2.05) is 0 Å². The third-order valence-corrected chi connectivity index (χ3v) is 2.55. The molecule has 3 nitrogen and oxygen atoms in total. The Morgan fingerprint density at radius 1 is 1.12 bits per heavy atom. The lowest BCUT2D eigenvalue weighted by atomic mass is 10.1. The molecule has 2 aromatic rings. The van der Waals surface area contributed by atoms with Gasteiger partial charge in [0.15, 0.2) is 11.6 Å². The van der Waals surface area contributed by atoms with Gasteiger partial charge in [0.05, 0.1) is 5.69 Å². The normalized spacial score (nSPS) is 10.6.